The van der Waals surface area contributed by atoms with Gasteiger partial charge in [0, 0.05) is 9.50 Å². The third-order valence-electron chi connectivity index (χ3n) is 2.69. The van der Waals surface area contributed by atoms with E-state index >= 15 is 0 Å². The van der Waals surface area contributed by atoms with Gasteiger partial charge in [-0.1, -0.05) is 34.5 Å². The highest BCUT2D eigenvalue weighted by atomic mass is 79.9. The molecule has 1 aromatic carbocycles. The van der Waals surface area contributed by atoms with Crippen molar-refractivity contribution in [3.05, 3.63) is 33.3 Å². The average Bonchev–Trinajstić information content (AvgIpc) is 2.33. The summed E-state index contributed by atoms with van der Waals surface area (Å²) in [6, 6.07) is 5.12. The molecule has 0 amide bonds. The minimum Gasteiger partial charge on any atom is -0.466 e. The van der Waals surface area contributed by atoms with Gasteiger partial charge in [-0.3, -0.25) is 4.79 Å². The van der Waals surface area contributed by atoms with Gasteiger partial charge in [-0.2, -0.15) is 0 Å². The molecule has 1 rings (SSSR count). The number of aliphatic hydroxyl groups is 1. The number of ether oxygens (including phenoxy) is 1. The number of aliphatic hydroxyl groups excluding tert-OH is 1. The molecule has 0 aliphatic rings. The van der Waals surface area contributed by atoms with Gasteiger partial charge in [0.1, 0.15) is 0 Å². The Morgan fingerprint density at radius 2 is 2.17 bits per heavy atom. The molecular weight excluding hydrogens is 319 g/mol. The van der Waals surface area contributed by atoms with Crippen LogP contribution in [0.5, 0.6) is 0 Å². The van der Waals surface area contributed by atoms with Crippen LogP contribution in [0.1, 0.15) is 31.9 Å². The lowest BCUT2D eigenvalue weighted by molar-refractivity contribution is -0.152. The van der Waals surface area contributed by atoms with Gasteiger partial charge < -0.3 is 9.84 Å². The van der Waals surface area contributed by atoms with E-state index in [0.717, 1.165) is 4.47 Å². The summed E-state index contributed by atoms with van der Waals surface area (Å²) in [6.45, 7) is 3.88. The Kier molecular flexibility index (Phi) is 6.12. The highest BCUT2D eigenvalue weighted by Crippen LogP contribution is 2.32. The molecule has 3 nitrogen and oxygen atoms in total. The molecular formula is C13H16BrClO3. The number of esters is 1. The van der Waals surface area contributed by atoms with Crippen molar-refractivity contribution in [2.24, 2.45) is 5.92 Å². The molecule has 0 aliphatic heterocycles. The Labute approximate surface area is 120 Å². The fraction of sp³-hybridized carbons (Fsp3) is 0.462. The number of rotatable bonds is 5. The van der Waals surface area contributed by atoms with Gasteiger partial charge in [-0.25, -0.2) is 0 Å². The molecule has 0 aliphatic carbocycles. The van der Waals surface area contributed by atoms with Gasteiger partial charge in [0.15, 0.2) is 0 Å². The minimum atomic E-state index is -0.929. The van der Waals surface area contributed by atoms with Crippen molar-refractivity contribution in [2.45, 2.75) is 26.4 Å². The summed E-state index contributed by atoms with van der Waals surface area (Å²) in [6.07, 6.45) is -0.430. The molecule has 0 fully saturated rings. The SMILES string of the molecule is CCOC(=O)C(CC)C(O)c1cc(Cl)ccc1Br. The molecule has 2 unspecified atom stereocenters. The second-order valence-electron chi connectivity index (χ2n) is 3.88. The van der Waals surface area contributed by atoms with Gasteiger partial charge in [0.05, 0.1) is 18.6 Å². The van der Waals surface area contributed by atoms with Crippen LogP contribution in [0.2, 0.25) is 5.02 Å². The first-order chi connectivity index (χ1) is 8.51. The fourth-order valence-electron chi connectivity index (χ4n) is 1.73. The summed E-state index contributed by atoms with van der Waals surface area (Å²) in [4.78, 5) is 11.8. The van der Waals surface area contributed by atoms with Crippen molar-refractivity contribution in [3.8, 4) is 0 Å². The average molecular weight is 336 g/mol. The quantitative estimate of drug-likeness (QED) is 0.834. The predicted octanol–water partition coefficient (Wildman–Crippen LogP) is 3.73. The van der Waals surface area contributed by atoms with Crippen molar-refractivity contribution < 1.29 is 14.6 Å². The Bertz CT molecular complexity index is 423. The summed E-state index contributed by atoms with van der Waals surface area (Å²) in [5.41, 5.74) is 0.599. The van der Waals surface area contributed by atoms with E-state index in [1.165, 1.54) is 0 Å². The number of halogens is 2. The van der Waals surface area contributed by atoms with Crippen LogP contribution >= 0.6 is 27.5 Å². The van der Waals surface area contributed by atoms with E-state index in [9.17, 15) is 9.90 Å². The van der Waals surface area contributed by atoms with Gasteiger partial charge >= 0.3 is 5.97 Å². The van der Waals surface area contributed by atoms with Crippen molar-refractivity contribution >= 4 is 33.5 Å². The topological polar surface area (TPSA) is 46.5 Å². The largest absolute Gasteiger partial charge is 0.466 e. The molecule has 100 valence electrons. The van der Waals surface area contributed by atoms with Crippen LogP contribution in [0.15, 0.2) is 22.7 Å². The lowest BCUT2D eigenvalue weighted by atomic mass is 9.93. The van der Waals surface area contributed by atoms with Crippen LogP contribution in [-0.4, -0.2) is 17.7 Å². The molecule has 5 heteroatoms. The second kappa shape index (κ2) is 7.12. The van der Waals surface area contributed by atoms with E-state index in [4.69, 9.17) is 16.3 Å². The molecule has 2 atom stereocenters. The second-order valence-corrected chi connectivity index (χ2v) is 5.17. The van der Waals surface area contributed by atoms with Gasteiger partial charge in [-0.05, 0) is 37.1 Å². The molecule has 0 aromatic heterocycles. The Morgan fingerprint density at radius 3 is 2.72 bits per heavy atom. The highest BCUT2D eigenvalue weighted by Gasteiger charge is 2.29. The highest BCUT2D eigenvalue weighted by molar-refractivity contribution is 9.10. The van der Waals surface area contributed by atoms with Crippen LogP contribution in [0.25, 0.3) is 0 Å². The van der Waals surface area contributed by atoms with Crippen molar-refractivity contribution in [2.75, 3.05) is 6.61 Å². The molecule has 0 heterocycles. The Morgan fingerprint density at radius 1 is 1.50 bits per heavy atom. The molecule has 0 bridgehead atoms. The van der Waals surface area contributed by atoms with Gasteiger partial charge in [0.25, 0.3) is 0 Å². The van der Waals surface area contributed by atoms with E-state index in [1.807, 2.05) is 6.92 Å². The third kappa shape index (κ3) is 3.70. The fourth-order valence-corrected chi connectivity index (χ4v) is 2.39. The predicted molar refractivity (Wildman–Crippen MR) is 74.5 cm³/mol. The van der Waals surface area contributed by atoms with Crippen LogP contribution in [0.4, 0.5) is 0 Å². The molecule has 0 saturated heterocycles. The number of carbonyl (C=O) groups excluding carboxylic acids is 1. The smallest absolute Gasteiger partial charge is 0.311 e. The molecule has 18 heavy (non-hydrogen) atoms. The summed E-state index contributed by atoms with van der Waals surface area (Å²) in [5, 5.41) is 10.8. The maximum atomic E-state index is 11.8. The summed E-state index contributed by atoms with van der Waals surface area (Å²) >= 11 is 9.25. The van der Waals surface area contributed by atoms with Crippen LogP contribution in [-0.2, 0) is 9.53 Å². The standard InChI is InChI=1S/C13H16BrClO3/c1-3-9(13(17)18-4-2)12(16)10-7-8(15)5-6-11(10)14/h5-7,9,12,16H,3-4H2,1-2H3. The first-order valence-corrected chi connectivity index (χ1v) is 6.98. The summed E-state index contributed by atoms with van der Waals surface area (Å²) in [5.74, 6) is -0.973. The normalized spacial score (nSPS) is 14.1. The van der Waals surface area contributed by atoms with Crippen molar-refractivity contribution in [1.29, 1.82) is 0 Å². The van der Waals surface area contributed by atoms with E-state index in [1.54, 1.807) is 25.1 Å². The lowest BCUT2D eigenvalue weighted by Crippen LogP contribution is -2.24. The first-order valence-electron chi connectivity index (χ1n) is 5.80. The number of hydrogen-bond donors (Lipinski definition) is 1. The lowest BCUT2D eigenvalue weighted by Gasteiger charge is -2.21. The summed E-state index contributed by atoms with van der Waals surface area (Å²) < 4.78 is 5.68. The zero-order chi connectivity index (χ0) is 13.7. The van der Waals surface area contributed by atoms with Crippen LogP contribution in [0, 0.1) is 5.92 Å². The number of benzene rings is 1. The van der Waals surface area contributed by atoms with E-state index in [-0.39, 0.29) is 5.97 Å². The molecule has 0 spiro atoms. The molecule has 0 saturated carbocycles. The third-order valence-corrected chi connectivity index (χ3v) is 3.64. The number of carbonyl (C=O) groups is 1. The van der Waals surface area contributed by atoms with Crippen LogP contribution < -0.4 is 0 Å². The molecule has 1 N–H and O–H groups in total. The molecule has 1 aromatic rings. The maximum absolute atomic E-state index is 11.8. The number of hydrogen-bond acceptors (Lipinski definition) is 3. The van der Waals surface area contributed by atoms with E-state index in [2.05, 4.69) is 15.9 Å². The molecule has 0 radical (unpaired) electrons. The van der Waals surface area contributed by atoms with E-state index < -0.39 is 12.0 Å². The Balaban J connectivity index is 2.99. The van der Waals surface area contributed by atoms with Crippen molar-refractivity contribution in [3.63, 3.8) is 0 Å². The first kappa shape index (κ1) is 15.5. The zero-order valence-electron chi connectivity index (χ0n) is 10.3. The maximum Gasteiger partial charge on any atom is 0.311 e. The summed E-state index contributed by atoms with van der Waals surface area (Å²) in [7, 11) is 0. The van der Waals surface area contributed by atoms with E-state index in [0.29, 0.717) is 23.6 Å². The van der Waals surface area contributed by atoms with Crippen LogP contribution in [0.3, 0.4) is 0 Å². The van der Waals surface area contributed by atoms with Gasteiger partial charge in [0.2, 0.25) is 0 Å². The minimum absolute atomic E-state index is 0.304. The van der Waals surface area contributed by atoms with Gasteiger partial charge in [-0.15, -0.1) is 0 Å². The van der Waals surface area contributed by atoms with Crippen molar-refractivity contribution in [1.82, 2.24) is 0 Å². The Hall–Kier alpha value is -0.580. The monoisotopic (exact) mass is 334 g/mol. The zero-order valence-corrected chi connectivity index (χ0v) is 12.7.